The Morgan fingerprint density at radius 3 is 0.855 bits per heavy atom. The van der Waals surface area contributed by atoms with Crippen LogP contribution >= 0.6 is 0 Å². The van der Waals surface area contributed by atoms with Crippen molar-refractivity contribution in [3.05, 3.63) is 215 Å². The molecule has 4 atom stereocenters. The fourth-order valence-corrected chi connectivity index (χ4v) is 9.33. The van der Waals surface area contributed by atoms with Gasteiger partial charge in [-0.1, -0.05) is 195 Å². The third kappa shape index (κ3) is 8.26. The highest BCUT2D eigenvalue weighted by Crippen LogP contribution is 2.44. The highest BCUT2D eigenvalue weighted by Gasteiger charge is 2.40. The lowest BCUT2D eigenvalue weighted by molar-refractivity contribution is -0.0897. The van der Waals surface area contributed by atoms with E-state index in [1.54, 1.807) is 0 Å². The lowest BCUT2D eigenvalue weighted by atomic mass is 9.79. The Morgan fingerprint density at radius 1 is 0.345 bits per heavy atom. The van der Waals surface area contributed by atoms with Gasteiger partial charge in [-0.3, -0.25) is 0 Å². The average molecular weight is 727 g/mol. The van der Waals surface area contributed by atoms with E-state index in [9.17, 15) is 0 Å². The molecule has 0 spiro atoms. The maximum atomic E-state index is 7.28. The topological polar surface area (TPSA) is 27.7 Å². The van der Waals surface area contributed by atoms with Crippen molar-refractivity contribution in [1.29, 1.82) is 0 Å². The molecule has 0 heterocycles. The third-order valence-electron chi connectivity index (χ3n) is 12.0. The van der Waals surface area contributed by atoms with E-state index in [0.717, 1.165) is 71.9 Å². The molecule has 0 amide bonds. The summed E-state index contributed by atoms with van der Waals surface area (Å²) in [5, 5.41) is 0. The maximum absolute atomic E-state index is 7.28. The van der Waals surface area contributed by atoms with E-state index in [1.165, 1.54) is 12.8 Å². The van der Waals surface area contributed by atoms with E-state index in [-0.39, 0.29) is 12.2 Å². The van der Waals surface area contributed by atoms with Crippen LogP contribution in [0.3, 0.4) is 0 Å². The van der Waals surface area contributed by atoms with Crippen molar-refractivity contribution < 1.29 is 14.2 Å². The second-order valence-corrected chi connectivity index (χ2v) is 15.6. The van der Waals surface area contributed by atoms with Gasteiger partial charge in [0.1, 0.15) is 11.2 Å². The lowest BCUT2D eigenvalue weighted by Gasteiger charge is -2.40. The zero-order valence-corrected chi connectivity index (χ0v) is 31.9. The van der Waals surface area contributed by atoms with Crippen LogP contribution in [0.4, 0.5) is 0 Å². The van der Waals surface area contributed by atoms with Gasteiger partial charge in [-0.25, -0.2) is 0 Å². The molecule has 2 aliphatic rings. The van der Waals surface area contributed by atoms with Crippen LogP contribution < -0.4 is 0 Å². The Hall–Kier alpha value is -4.80. The highest BCUT2D eigenvalue weighted by atomic mass is 16.5. The quantitative estimate of drug-likeness (QED) is 0.105. The molecule has 2 fully saturated rings. The monoisotopic (exact) mass is 726 g/mol. The first-order valence-electron chi connectivity index (χ1n) is 20.5. The van der Waals surface area contributed by atoms with Crippen LogP contribution in [0.5, 0.6) is 0 Å². The van der Waals surface area contributed by atoms with Gasteiger partial charge >= 0.3 is 0 Å². The number of benzene rings is 6. The number of rotatable bonds is 14. The molecule has 2 aliphatic carbocycles. The summed E-state index contributed by atoms with van der Waals surface area (Å²) in [6.07, 6.45) is 9.47. The van der Waals surface area contributed by atoms with Gasteiger partial charge in [0.05, 0.1) is 25.4 Å². The number of ether oxygens (including phenoxy) is 3. The van der Waals surface area contributed by atoms with Gasteiger partial charge < -0.3 is 14.2 Å². The van der Waals surface area contributed by atoms with Crippen molar-refractivity contribution in [3.63, 3.8) is 0 Å². The van der Waals surface area contributed by atoms with E-state index >= 15 is 0 Å². The molecule has 0 unspecified atom stereocenters. The smallest absolute Gasteiger partial charge is 0.143 e. The van der Waals surface area contributed by atoms with Crippen LogP contribution in [-0.4, -0.2) is 25.4 Å². The van der Waals surface area contributed by atoms with Gasteiger partial charge in [0, 0.05) is 0 Å². The minimum absolute atomic E-state index is 0.253. The second kappa shape index (κ2) is 17.8. The van der Waals surface area contributed by atoms with Gasteiger partial charge in [-0.2, -0.15) is 0 Å². The van der Waals surface area contributed by atoms with E-state index in [1.807, 2.05) is 0 Å². The summed E-state index contributed by atoms with van der Waals surface area (Å²) in [6.45, 7) is 1.36. The predicted octanol–water partition coefficient (Wildman–Crippen LogP) is 12.1. The molecule has 0 aliphatic heterocycles. The van der Waals surface area contributed by atoms with Crippen molar-refractivity contribution >= 4 is 0 Å². The predicted molar refractivity (Wildman–Crippen MR) is 223 cm³/mol. The standard InChI is InChI=1S/C52H54O3/c1-7-23-43(24-8-1)51(44-25-9-2-10-26-44,45-27-11-3-12-28-45)53-39-41-21-19-35-49(37-41)55-50-36-20-22-42(38-50)40-54-52(46-29-13-4-14-30-46,47-31-15-5-16-32-47)48-33-17-6-18-34-48/h1-18,23-34,41-42,49-50H,19-22,35-40H2/t41-,42-,49+,50+/m0/s1. The molecular weight excluding hydrogens is 673 g/mol. The molecule has 0 radical (unpaired) electrons. The molecule has 3 heteroatoms. The first-order valence-corrected chi connectivity index (χ1v) is 20.5. The molecule has 0 aromatic heterocycles. The fraction of sp³-hybridized carbons (Fsp3) is 0.308. The van der Waals surface area contributed by atoms with Crippen LogP contribution in [0.25, 0.3) is 0 Å². The Morgan fingerprint density at radius 2 is 0.600 bits per heavy atom. The van der Waals surface area contributed by atoms with Gasteiger partial charge in [-0.05, 0) is 83.7 Å². The molecule has 0 saturated heterocycles. The van der Waals surface area contributed by atoms with Crippen LogP contribution in [0, 0.1) is 11.8 Å². The van der Waals surface area contributed by atoms with Crippen molar-refractivity contribution in [2.75, 3.05) is 13.2 Å². The molecule has 55 heavy (non-hydrogen) atoms. The Bertz CT molecular complexity index is 1660. The zero-order chi connectivity index (χ0) is 37.2. The number of hydrogen-bond acceptors (Lipinski definition) is 3. The van der Waals surface area contributed by atoms with Crippen molar-refractivity contribution in [2.45, 2.75) is 74.8 Å². The molecular formula is C52H54O3. The van der Waals surface area contributed by atoms with Crippen LogP contribution in [-0.2, 0) is 25.4 Å². The summed E-state index contributed by atoms with van der Waals surface area (Å²) in [4.78, 5) is 0. The van der Waals surface area contributed by atoms with E-state index in [2.05, 4.69) is 182 Å². The van der Waals surface area contributed by atoms with E-state index in [0.29, 0.717) is 25.0 Å². The van der Waals surface area contributed by atoms with Crippen LogP contribution in [0.2, 0.25) is 0 Å². The van der Waals surface area contributed by atoms with Gasteiger partial charge in [-0.15, -0.1) is 0 Å². The molecule has 8 rings (SSSR count). The van der Waals surface area contributed by atoms with Gasteiger partial charge in [0.2, 0.25) is 0 Å². The van der Waals surface area contributed by atoms with Crippen molar-refractivity contribution in [1.82, 2.24) is 0 Å². The van der Waals surface area contributed by atoms with Crippen LogP contribution in [0.1, 0.15) is 84.7 Å². The normalized spacial score (nSPS) is 20.5. The largest absolute Gasteiger partial charge is 0.375 e. The molecule has 6 aromatic rings. The van der Waals surface area contributed by atoms with Crippen molar-refractivity contribution in [2.24, 2.45) is 11.8 Å². The van der Waals surface area contributed by atoms with Crippen molar-refractivity contribution in [3.8, 4) is 0 Å². The summed E-state index contributed by atoms with van der Waals surface area (Å²) in [5.74, 6) is 0.862. The zero-order valence-electron chi connectivity index (χ0n) is 31.9. The molecule has 0 N–H and O–H groups in total. The van der Waals surface area contributed by atoms with E-state index < -0.39 is 11.2 Å². The minimum atomic E-state index is -0.692. The summed E-state index contributed by atoms with van der Waals surface area (Å²) in [6, 6.07) is 64.5. The van der Waals surface area contributed by atoms with Gasteiger partial charge in [0.25, 0.3) is 0 Å². The minimum Gasteiger partial charge on any atom is -0.375 e. The number of hydrogen-bond donors (Lipinski definition) is 0. The lowest BCUT2D eigenvalue weighted by Crippen LogP contribution is -2.38. The van der Waals surface area contributed by atoms with E-state index in [4.69, 9.17) is 14.2 Å². The summed E-state index contributed by atoms with van der Waals surface area (Å²) in [5.41, 5.74) is 5.55. The fourth-order valence-electron chi connectivity index (χ4n) is 9.33. The Balaban J connectivity index is 0.959. The SMILES string of the molecule is c1ccc(C(OC[C@H]2CCC[C@@H](O[C@@H]3CCC[C@H](COC(c4ccccc4)(c4ccccc4)c4ccccc4)C3)C2)(c2ccccc2)c2ccccc2)cc1. The van der Waals surface area contributed by atoms with Gasteiger partial charge in [0.15, 0.2) is 0 Å². The maximum Gasteiger partial charge on any atom is 0.143 e. The Kier molecular flexibility index (Phi) is 12.0. The Labute approximate surface area is 328 Å². The first kappa shape index (κ1) is 37.1. The summed E-state index contributed by atoms with van der Waals surface area (Å²) < 4.78 is 21.6. The summed E-state index contributed by atoms with van der Waals surface area (Å²) in [7, 11) is 0. The second-order valence-electron chi connectivity index (χ2n) is 15.6. The summed E-state index contributed by atoms with van der Waals surface area (Å²) >= 11 is 0. The molecule has 0 bridgehead atoms. The highest BCUT2D eigenvalue weighted by molar-refractivity contribution is 5.49. The molecule has 280 valence electrons. The molecule has 2 saturated carbocycles. The molecule has 3 nitrogen and oxygen atoms in total. The molecule has 6 aromatic carbocycles. The van der Waals surface area contributed by atoms with Crippen LogP contribution in [0.15, 0.2) is 182 Å². The average Bonchev–Trinajstić information content (AvgIpc) is 3.27. The first-order chi connectivity index (χ1) is 27.2. The third-order valence-corrected chi connectivity index (χ3v) is 12.0.